The van der Waals surface area contributed by atoms with E-state index in [2.05, 4.69) is 11.9 Å². The Bertz CT molecular complexity index is 1210. The molecular formula is C26H25ClFN3O2. The normalized spacial score (nSPS) is 25.6. The summed E-state index contributed by atoms with van der Waals surface area (Å²) in [5.41, 5.74) is 4.06. The van der Waals surface area contributed by atoms with Gasteiger partial charge in [0.2, 0.25) is 0 Å². The summed E-state index contributed by atoms with van der Waals surface area (Å²) in [4.78, 5) is 14.0. The number of ether oxygens (including phenoxy) is 2. The van der Waals surface area contributed by atoms with Crippen LogP contribution in [0.15, 0.2) is 42.6 Å². The number of rotatable bonds is 2. The van der Waals surface area contributed by atoms with Crippen LogP contribution in [0.5, 0.6) is 0 Å². The summed E-state index contributed by atoms with van der Waals surface area (Å²) in [5, 5.41) is 0.378. The molecule has 1 saturated heterocycles. The van der Waals surface area contributed by atoms with Crippen LogP contribution in [0.2, 0.25) is 5.15 Å². The largest absolute Gasteiger partial charge is 0.347 e. The molecule has 2 aliphatic carbocycles. The van der Waals surface area contributed by atoms with Gasteiger partial charge in [-0.1, -0.05) is 30.7 Å². The summed E-state index contributed by atoms with van der Waals surface area (Å²) in [6.07, 6.45) is 5.19. The Labute approximate surface area is 197 Å². The molecule has 0 amide bonds. The van der Waals surface area contributed by atoms with E-state index in [0.717, 1.165) is 42.5 Å². The van der Waals surface area contributed by atoms with Crippen LogP contribution < -0.4 is 0 Å². The Morgan fingerprint density at radius 1 is 1.09 bits per heavy atom. The maximum Gasteiger partial charge on any atom is 0.171 e. The Kier molecular flexibility index (Phi) is 5.20. The van der Waals surface area contributed by atoms with Crippen molar-refractivity contribution < 1.29 is 13.9 Å². The van der Waals surface area contributed by atoms with E-state index in [9.17, 15) is 4.39 Å². The number of aromatic nitrogens is 3. The quantitative estimate of drug-likeness (QED) is 0.446. The lowest BCUT2D eigenvalue weighted by atomic mass is 9.63. The van der Waals surface area contributed by atoms with E-state index >= 15 is 0 Å². The van der Waals surface area contributed by atoms with Gasteiger partial charge in [-0.3, -0.25) is 0 Å². The first-order chi connectivity index (χ1) is 16.1. The minimum atomic E-state index is -0.471. The fraction of sp³-hybridized carbons (Fsp3) is 0.423. The number of benzene rings is 1. The van der Waals surface area contributed by atoms with Crippen molar-refractivity contribution in [1.82, 2.24) is 15.0 Å². The van der Waals surface area contributed by atoms with Gasteiger partial charge in [-0.15, -0.1) is 0 Å². The van der Waals surface area contributed by atoms with Crippen LogP contribution in [0, 0.1) is 17.7 Å². The molecular weight excluding hydrogens is 441 g/mol. The molecule has 1 aromatic carbocycles. The Morgan fingerprint density at radius 2 is 1.91 bits per heavy atom. The summed E-state index contributed by atoms with van der Waals surface area (Å²) < 4.78 is 27.2. The van der Waals surface area contributed by atoms with Crippen molar-refractivity contribution in [2.45, 2.75) is 44.3 Å². The van der Waals surface area contributed by atoms with Gasteiger partial charge in [0.15, 0.2) is 11.6 Å². The second kappa shape index (κ2) is 8.12. The lowest BCUT2D eigenvalue weighted by molar-refractivity contribution is -0.226. The van der Waals surface area contributed by atoms with Gasteiger partial charge in [-0.25, -0.2) is 19.3 Å². The van der Waals surface area contributed by atoms with E-state index in [4.69, 9.17) is 31.0 Å². The zero-order valence-corrected chi connectivity index (χ0v) is 19.2. The number of pyridine rings is 1. The first-order valence-corrected chi connectivity index (χ1v) is 12.0. The smallest absolute Gasteiger partial charge is 0.171 e. The van der Waals surface area contributed by atoms with Crippen LogP contribution in [0.25, 0.3) is 22.6 Å². The first-order valence-electron chi connectivity index (χ1n) is 11.6. The molecule has 3 heterocycles. The van der Waals surface area contributed by atoms with Gasteiger partial charge in [0, 0.05) is 41.1 Å². The van der Waals surface area contributed by atoms with Gasteiger partial charge >= 0.3 is 0 Å². The third kappa shape index (κ3) is 3.47. The van der Waals surface area contributed by atoms with E-state index in [1.165, 1.54) is 6.07 Å². The summed E-state index contributed by atoms with van der Waals surface area (Å²) >= 11 is 6.16. The van der Waals surface area contributed by atoms with Crippen LogP contribution in [0.4, 0.5) is 4.39 Å². The molecule has 170 valence electrons. The summed E-state index contributed by atoms with van der Waals surface area (Å²) in [6, 6.07) is 10.4. The van der Waals surface area contributed by atoms with E-state index < -0.39 is 5.79 Å². The van der Waals surface area contributed by atoms with Crippen LogP contribution in [-0.4, -0.2) is 34.0 Å². The average molecular weight is 466 g/mol. The predicted octanol–water partition coefficient (Wildman–Crippen LogP) is 5.82. The molecule has 0 N–H and O–H groups in total. The molecule has 7 heteroatoms. The van der Waals surface area contributed by atoms with Crippen molar-refractivity contribution in [3.8, 4) is 22.6 Å². The molecule has 2 fully saturated rings. The SMILES string of the molecule is CC1C2CCc3c(-c4ccccc4F)nc(-c4ccnc(Cl)c4)nc3C2CCC12OCCO2. The highest BCUT2D eigenvalue weighted by molar-refractivity contribution is 6.29. The Hall–Kier alpha value is -2.41. The van der Waals surface area contributed by atoms with E-state index in [-0.39, 0.29) is 17.7 Å². The van der Waals surface area contributed by atoms with E-state index in [1.807, 2.05) is 12.1 Å². The van der Waals surface area contributed by atoms with Gasteiger partial charge in [-0.2, -0.15) is 0 Å². The fourth-order valence-electron chi connectivity index (χ4n) is 6.05. The van der Waals surface area contributed by atoms with Crippen LogP contribution in [-0.2, 0) is 15.9 Å². The second-order valence-corrected chi connectivity index (χ2v) is 9.64. The number of hydrogen-bond acceptors (Lipinski definition) is 5. The molecule has 1 aliphatic heterocycles. The van der Waals surface area contributed by atoms with Gasteiger partial charge in [0.1, 0.15) is 11.0 Å². The predicted molar refractivity (Wildman–Crippen MR) is 123 cm³/mol. The maximum atomic E-state index is 14.9. The van der Waals surface area contributed by atoms with Gasteiger partial charge in [0.25, 0.3) is 0 Å². The van der Waals surface area contributed by atoms with Gasteiger partial charge in [0.05, 0.1) is 24.6 Å². The first kappa shape index (κ1) is 21.1. The molecule has 5 nitrogen and oxygen atoms in total. The third-order valence-electron chi connectivity index (χ3n) is 7.66. The van der Waals surface area contributed by atoms with Crippen molar-refractivity contribution in [3.05, 3.63) is 64.8 Å². The number of fused-ring (bicyclic) bond motifs is 3. The monoisotopic (exact) mass is 465 g/mol. The molecule has 3 aromatic rings. The Morgan fingerprint density at radius 3 is 2.70 bits per heavy atom. The highest BCUT2D eigenvalue weighted by Gasteiger charge is 2.53. The van der Waals surface area contributed by atoms with E-state index in [0.29, 0.717) is 41.4 Å². The second-order valence-electron chi connectivity index (χ2n) is 9.25. The number of nitrogens with zero attached hydrogens (tertiary/aromatic N) is 3. The molecule has 3 unspecified atom stereocenters. The van der Waals surface area contributed by atoms with Crippen molar-refractivity contribution in [3.63, 3.8) is 0 Å². The zero-order chi connectivity index (χ0) is 22.6. The van der Waals surface area contributed by atoms with Crippen LogP contribution in [0.3, 0.4) is 0 Å². The van der Waals surface area contributed by atoms with Crippen molar-refractivity contribution in [1.29, 1.82) is 0 Å². The summed E-state index contributed by atoms with van der Waals surface area (Å²) in [5.74, 6) is 0.716. The maximum absolute atomic E-state index is 14.9. The molecule has 1 saturated carbocycles. The molecule has 2 aromatic heterocycles. The Balaban J connectivity index is 1.51. The fourth-order valence-corrected chi connectivity index (χ4v) is 6.23. The number of hydrogen-bond donors (Lipinski definition) is 0. The minimum Gasteiger partial charge on any atom is -0.347 e. The lowest BCUT2D eigenvalue weighted by Crippen LogP contribution is -2.48. The van der Waals surface area contributed by atoms with Gasteiger partial charge < -0.3 is 9.47 Å². The molecule has 3 atom stereocenters. The van der Waals surface area contributed by atoms with Crippen molar-refractivity contribution in [2.24, 2.45) is 11.8 Å². The third-order valence-corrected chi connectivity index (χ3v) is 7.87. The van der Waals surface area contributed by atoms with Crippen molar-refractivity contribution >= 4 is 11.6 Å². The molecule has 1 spiro atoms. The standard InChI is InChI=1S/C26H25ClFN3O2/c1-15-17-6-7-20-23(18(17)8-10-26(15)32-12-13-33-26)30-25(16-9-11-29-22(27)14-16)31-24(20)19-4-2-3-5-21(19)28/h2-5,9,11,14-15,17-18H,6-8,10,12-13H2,1H3. The lowest BCUT2D eigenvalue weighted by Gasteiger charge is -2.48. The zero-order valence-electron chi connectivity index (χ0n) is 18.4. The van der Waals surface area contributed by atoms with Crippen LogP contribution >= 0.6 is 11.6 Å². The molecule has 6 rings (SSSR count). The number of halogens is 2. The highest BCUT2D eigenvalue weighted by Crippen LogP contribution is 2.54. The highest BCUT2D eigenvalue weighted by atomic mass is 35.5. The minimum absolute atomic E-state index is 0.256. The summed E-state index contributed by atoms with van der Waals surface area (Å²) in [7, 11) is 0. The van der Waals surface area contributed by atoms with Gasteiger partial charge in [-0.05, 0) is 49.4 Å². The van der Waals surface area contributed by atoms with E-state index in [1.54, 1.807) is 24.4 Å². The summed E-state index contributed by atoms with van der Waals surface area (Å²) in [6.45, 7) is 3.56. The molecule has 33 heavy (non-hydrogen) atoms. The average Bonchev–Trinajstić information content (AvgIpc) is 3.31. The van der Waals surface area contributed by atoms with Crippen LogP contribution in [0.1, 0.15) is 43.4 Å². The molecule has 0 radical (unpaired) electrons. The topological polar surface area (TPSA) is 57.1 Å². The molecule has 3 aliphatic rings. The molecule has 0 bridgehead atoms. The van der Waals surface area contributed by atoms with Crippen molar-refractivity contribution in [2.75, 3.05) is 13.2 Å².